The van der Waals surface area contributed by atoms with Gasteiger partial charge in [-0.05, 0) is 37.6 Å². The van der Waals surface area contributed by atoms with Crippen molar-refractivity contribution in [3.05, 3.63) is 59.1 Å². The number of fused-ring (bicyclic) bond motifs is 1. The summed E-state index contributed by atoms with van der Waals surface area (Å²) < 4.78 is 5.78. The van der Waals surface area contributed by atoms with Gasteiger partial charge in [-0.15, -0.1) is 0 Å². The lowest BCUT2D eigenvalue weighted by Crippen LogP contribution is -2.55. The van der Waals surface area contributed by atoms with Crippen molar-refractivity contribution in [2.24, 2.45) is 0 Å². The highest BCUT2D eigenvalue weighted by Crippen LogP contribution is 2.39. The van der Waals surface area contributed by atoms with Crippen molar-refractivity contribution in [3.63, 3.8) is 0 Å². The highest BCUT2D eigenvalue weighted by Gasteiger charge is 2.41. The Morgan fingerprint density at radius 3 is 2.58 bits per heavy atom. The van der Waals surface area contributed by atoms with Crippen LogP contribution in [0.5, 0.6) is 5.75 Å². The molecule has 0 aliphatic carbocycles. The maximum absolute atomic E-state index is 12.8. The molecular formula is C20H21ClN2O3. The summed E-state index contributed by atoms with van der Waals surface area (Å²) in [7, 11) is 1.73. The van der Waals surface area contributed by atoms with Crippen LogP contribution in [0.3, 0.4) is 0 Å². The van der Waals surface area contributed by atoms with E-state index >= 15 is 0 Å². The van der Waals surface area contributed by atoms with Crippen LogP contribution in [-0.2, 0) is 16.1 Å². The minimum absolute atomic E-state index is 0.0672. The summed E-state index contributed by atoms with van der Waals surface area (Å²) in [6, 6.07) is 14.8. The quantitative estimate of drug-likeness (QED) is 0.825. The maximum atomic E-state index is 12.8. The average molecular weight is 373 g/mol. The largest absolute Gasteiger partial charge is 0.476 e. The van der Waals surface area contributed by atoms with E-state index in [1.807, 2.05) is 30.3 Å². The van der Waals surface area contributed by atoms with Crippen molar-refractivity contribution < 1.29 is 14.3 Å². The van der Waals surface area contributed by atoms with Gasteiger partial charge in [0.25, 0.3) is 5.91 Å². The second-order valence-electron chi connectivity index (χ2n) is 6.85. The van der Waals surface area contributed by atoms with E-state index in [0.717, 1.165) is 5.56 Å². The SMILES string of the molecule is CN(Cc1ccccc1)C(=O)CN1C(=O)C(C)(C)Oc2ccc(Cl)cc21. The number of carbonyl (C=O) groups is 2. The summed E-state index contributed by atoms with van der Waals surface area (Å²) in [5, 5.41) is 0.481. The Bertz CT molecular complexity index is 836. The van der Waals surface area contributed by atoms with Crippen LogP contribution in [0.4, 0.5) is 5.69 Å². The second-order valence-corrected chi connectivity index (χ2v) is 7.29. The van der Waals surface area contributed by atoms with Crippen molar-refractivity contribution in [2.75, 3.05) is 18.5 Å². The van der Waals surface area contributed by atoms with E-state index in [1.165, 1.54) is 4.90 Å². The molecule has 2 amide bonds. The van der Waals surface area contributed by atoms with Crippen molar-refractivity contribution >= 4 is 29.1 Å². The number of carbonyl (C=O) groups excluding carboxylic acids is 2. The normalized spacial score (nSPS) is 15.2. The van der Waals surface area contributed by atoms with E-state index in [0.29, 0.717) is 23.0 Å². The Labute approximate surface area is 158 Å². The average Bonchev–Trinajstić information content (AvgIpc) is 2.60. The van der Waals surface area contributed by atoms with Gasteiger partial charge in [0.15, 0.2) is 5.60 Å². The smallest absolute Gasteiger partial charge is 0.271 e. The van der Waals surface area contributed by atoms with Gasteiger partial charge in [0, 0.05) is 18.6 Å². The fourth-order valence-electron chi connectivity index (χ4n) is 2.90. The molecule has 2 aromatic rings. The number of hydrogen-bond donors (Lipinski definition) is 0. The molecule has 1 heterocycles. The van der Waals surface area contributed by atoms with Gasteiger partial charge < -0.3 is 9.64 Å². The van der Waals surface area contributed by atoms with Crippen LogP contribution in [-0.4, -0.2) is 35.9 Å². The highest BCUT2D eigenvalue weighted by atomic mass is 35.5. The molecular weight excluding hydrogens is 352 g/mol. The van der Waals surface area contributed by atoms with Crippen LogP contribution in [0, 0.1) is 0 Å². The first-order valence-corrected chi connectivity index (χ1v) is 8.74. The number of amides is 2. The summed E-state index contributed by atoms with van der Waals surface area (Å²) in [5.74, 6) is 0.108. The van der Waals surface area contributed by atoms with E-state index in [9.17, 15) is 9.59 Å². The summed E-state index contributed by atoms with van der Waals surface area (Å²) >= 11 is 6.08. The minimum atomic E-state index is -1.04. The molecule has 0 unspecified atom stereocenters. The van der Waals surface area contributed by atoms with Gasteiger partial charge in [0.05, 0.1) is 5.69 Å². The maximum Gasteiger partial charge on any atom is 0.271 e. The number of nitrogens with zero attached hydrogens (tertiary/aromatic N) is 2. The van der Waals surface area contributed by atoms with Gasteiger partial charge in [0.2, 0.25) is 5.91 Å². The van der Waals surface area contributed by atoms with E-state index in [4.69, 9.17) is 16.3 Å². The third-order valence-corrected chi connectivity index (χ3v) is 4.55. The minimum Gasteiger partial charge on any atom is -0.476 e. The number of ether oxygens (including phenoxy) is 1. The Kier molecular flexibility index (Phi) is 4.92. The molecule has 0 aromatic heterocycles. The number of benzene rings is 2. The van der Waals surface area contributed by atoms with Crippen LogP contribution in [0.25, 0.3) is 0 Å². The number of halogens is 1. The Morgan fingerprint density at radius 2 is 1.88 bits per heavy atom. The molecule has 0 atom stereocenters. The molecule has 136 valence electrons. The van der Waals surface area contributed by atoms with Crippen LogP contribution in [0.15, 0.2) is 48.5 Å². The predicted octanol–water partition coefficient (Wildman–Crippen LogP) is 3.50. The molecule has 2 aromatic carbocycles. The summed E-state index contributed by atoms with van der Waals surface area (Å²) in [4.78, 5) is 28.6. The van der Waals surface area contributed by atoms with Crippen LogP contribution in [0.1, 0.15) is 19.4 Å². The van der Waals surface area contributed by atoms with Crippen molar-refractivity contribution in [1.29, 1.82) is 0 Å². The number of anilines is 1. The molecule has 3 rings (SSSR count). The Morgan fingerprint density at radius 1 is 1.19 bits per heavy atom. The molecule has 6 heteroatoms. The summed E-state index contributed by atoms with van der Waals surface area (Å²) in [5.41, 5.74) is 0.503. The molecule has 0 bridgehead atoms. The van der Waals surface area contributed by atoms with Gasteiger partial charge >= 0.3 is 0 Å². The third-order valence-electron chi connectivity index (χ3n) is 4.32. The van der Waals surface area contributed by atoms with E-state index in [2.05, 4.69) is 0 Å². The fourth-order valence-corrected chi connectivity index (χ4v) is 3.07. The Hall–Kier alpha value is -2.53. The first kappa shape index (κ1) is 18.3. The van der Waals surface area contributed by atoms with Crippen molar-refractivity contribution in [1.82, 2.24) is 4.90 Å². The van der Waals surface area contributed by atoms with E-state index < -0.39 is 5.60 Å². The van der Waals surface area contributed by atoms with Crippen molar-refractivity contribution in [2.45, 2.75) is 26.0 Å². The molecule has 0 radical (unpaired) electrons. The summed E-state index contributed by atoms with van der Waals surface area (Å²) in [6.45, 7) is 3.79. The van der Waals surface area contributed by atoms with Crippen LogP contribution < -0.4 is 9.64 Å². The number of likely N-dealkylation sites (N-methyl/N-ethyl adjacent to an activating group) is 1. The van der Waals surface area contributed by atoms with Crippen molar-refractivity contribution in [3.8, 4) is 5.75 Å². The zero-order chi connectivity index (χ0) is 18.9. The standard InChI is InChI=1S/C20H21ClN2O3/c1-20(2)19(25)23(16-11-15(21)9-10-17(16)26-20)13-18(24)22(3)12-14-7-5-4-6-8-14/h4-11H,12-13H2,1-3H3. The van der Waals surface area contributed by atoms with Gasteiger partial charge in [0.1, 0.15) is 12.3 Å². The van der Waals surface area contributed by atoms with Gasteiger partial charge in [-0.3, -0.25) is 14.5 Å². The topological polar surface area (TPSA) is 49.9 Å². The number of rotatable bonds is 4. The van der Waals surface area contributed by atoms with Crippen LogP contribution in [0.2, 0.25) is 5.02 Å². The summed E-state index contributed by atoms with van der Waals surface area (Å²) in [6.07, 6.45) is 0. The molecule has 1 aliphatic heterocycles. The molecule has 0 saturated carbocycles. The number of hydrogen-bond acceptors (Lipinski definition) is 3. The van der Waals surface area contributed by atoms with Gasteiger partial charge in [-0.25, -0.2) is 0 Å². The lowest BCUT2D eigenvalue weighted by Gasteiger charge is -2.39. The molecule has 0 N–H and O–H groups in total. The molecule has 5 nitrogen and oxygen atoms in total. The fraction of sp³-hybridized carbons (Fsp3) is 0.300. The monoisotopic (exact) mass is 372 g/mol. The van der Waals surface area contributed by atoms with E-state index in [1.54, 1.807) is 44.0 Å². The molecule has 0 fully saturated rings. The first-order chi connectivity index (χ1) is 12.3. The van der Waals surface area contributed by atoms with E-state index in [-0.39, 0.29) is 18.4 Å². The van der Waals surface area contributed by atoms with Crippen LogP contribution >= 0.6 is 11.6 Å². The lowest BCUT2D eigenvalue weighted by atomic mass is 10.0. The molecule has 1 aliphatic rings. The third kappa shape index (κ3) is 3.68. The molecule has 26 heavy (non-hydrogen) atoms. The second kappa shape index (κ2) is 7.00. The van der Waals surface area contributed by atoms with Gasteiger partial charge in [-0.1, -0.05) is 41.9 Å². The first-order valence-electron chi connectivity index (χ1n) is 8.36. The lowest BCUT2D eigenvalue weighted by molar-refractivity contribution is -0.136. The predicted molar refractivity (Wildman–Crippen MR) is 101 cm³/mol. The highest BCUT2D eigenvalue weighted by molar-refractivity contribution is 6.31. The molecule has 0 spiro atoms. The zero-order valence-corrected chi connectivity index (χ0v) is 15.8. The molecule has 0 saturated heterocycles. The Balaban J connectivity index is 1.82. The zero-order valence-electron chi connectivity index (χ0n) is 15.0. The van der Waals surface area contributed by atoms with Gasteiger partial charge in [-0.2, -0.15) is 0 Å².